The molecule has 1 aromatic carbocycles. The summed E-state index contributed by atoms with van der Waals surface area (Å²) in [4.78, 5) is 0. The molecule has 2 N–H and O–H groups in total. The Morgan fingerprint density at radius 3 is 2.18 bits per heavy atom. The van der Waals surface area contributed by atoms with Gasteiger partial charge in [-0.3, -0.25) is 0 Å². The van der Waals surface area contributed by atoms with Gasteiger partial charge >= 0.3 is 6.18 Å². The van der Waals surface area contributed by atoms with E-state index in [2.05, 4.69) is 0 Å². The van der Waals surface area contributed by atoms with Crippen molar-refractivity contribution in [3.8, 4) is 0 Å². The molecule has 0 heterocycles. The van der Waals surface area contributed by atoms with Gasteiger partial charge in [-0.25, -0.2) is 4.39 Å². The van der Waals surface area contributed by atoms with Crippen LogP contribution in [0.25, 0.3) is 0 Å². The first-order valence-corrected chi connectivity index (χ1v) is 5.40. The van der Waals surface area contributed by atoms with E-state index in [1.165, 1.54) is 12.1 Å². The fraction of sp³-hybridized carbons (Fsp3) is 0.500. The van der Waals surface area contributed by atoms with Crippen molar-refractivity contribution in [3.63, 3.8) is 0 Å². The minimum atomic E-state index is -4.46. The zero-order chi connectivity index (χ0) is 13.1. The predicted octanol–water partition coefficient (Wildman–Crippen LogP) is 3.63. The fourth-order valence-electron chi connectivity index (χ4n) is 1.73. The second-order valence-electron chi connectivity index (χ2n) is 4.00. The lowest BCUT2D eigenvalue weighted by atomic mass is 9.90. The van der Waals surface area contributed by atoms with Crippen LogP contribution in [0, 0.1) is 0 Å². The van der Waals surface area contributed by atoms with Gasteiger partial charge in [-0.2, -0.15) is 13.2 Å². The van der Waals surface area contributed by atoms with Gasteiger partial charge in [0.25, 0.3) is 0 Å². The normalized spacial score (nSPS) is 15.6. The summed E-state index contributed by atoms with van der Waals surface area (Å²) in [5.41, 5.74) is 2.60. The Morgan fingerprint density at radius 2 is 1.71 bits per heavy atom. The van der Waals surface area contributed by atoms with Crippen molar-refractivity contribution in [3.05, 3.63) is 35.4 Å². The number of halogens is 4. The average Bonchev–Trinajstić information content (AvgIpc) is 2.28. The fourth-order valence-corrected chi connectivity index (χ4v) is 1.73. The monoisotopic (exact) mass is 249 g/mol. The number of rotatable bonds is 4. The predicted molar refractivity (Wildman–Crippen MR) is 58.2 cm³/mol. The van der Waals surface area contributed by atoms with Crippen LogP contribution in [-0.2, 0) is 11.8 Å². The van der Waals surface area contributed by atoms with E-state index in [1.807, 2.05) is 0 Å². The lowest BCUT2D eigenvalue weighted by Gasteiger charge is -2.24. The molecule has 1 atom stereocenters. The number of hydrogen-bond acceptors (Lipinski definition) is 1. The third-order valence-corrected chi connectivity index (χ3v) is 2.68. The van der Waals surface area contributed by atoms with Crippen LogP contribution in [0.15, 0.2) is 24.3 Å². The molecule has 0 spiro atoms. The van der Waals surface area contributed by atoms with Crippen molar-refractivity contribution in [2.75, 3.05) is 6.54 Å². The first-order chi connectivity index (χ1) is 7.83. The smallest absolute Gasteiger partial charge is 0.327 e. The summed E-state index contributed by atoms with van der Waals surface area (Å²) >= 11 is 0. The van der Waals surface area contributed by atoms with E-state index in [0.717, 1.165) is 12.1 Å². The lowest BCUT2D eigenvalue weighted by molar-refractivity contribution is -0.137. The average molecular weight is 249 g/mol. The maximum absolute atomic E-state index is 14.3. The van der Waals surface area contributed by atoms with E-state index in [9.17, 15) is 17.6 Å². The summed E-state index contributed by atoms with van der Waals surface area (Å²) < 4.78 is 51.8. The van der Waals surface area contributed by atoms with Gasteiger partial charge in [0.15, 0.2) is 0 Å². The van der Waals surface area contributed by atoms with Crippen LogP contribution in [0.4, 0.5) is 17.6 Å². The van der Waals surface area contributed by atoms with Crippen molar-refractivity contribution < 1.29 is 17.6 Å². The Bertz CT molecular complexity index is 375. The third kappa shape index (κ3) is 3.19. The topological polar surface area (TPSA) is 26.0 Å². The van der Waals surface area contributed by atoms with Crippen LogP contribution in [0.2, 0.25) is 0 Å². The molecule has 0 saturated carbocycles. The number of hydrogen-bond donors (Lipinski definition) is 1. The Labute approximate surface area is 97.6 Å². The van der Waals surface area contributed by atoms with Crippen molar-refractivity contribution in [1.82, 2.24) is 0 Å². The molecule has 0 aliphatic heterocycles. The standard InChI is InChI=1S/C12H15F4N/c1-2-6-11(13,8-17)9-4-3-5-10(7-9)12(14,15)16/h3-5,7H,2,6,8,17H2,1H3. The second-order valence-corrected chi connectivity index (χ2v) is 4.00. The van der Waals surface area contributed by atoms with Crippen molar-refractivity contribution >= 4 is 0 Å². The van der Waals surface area contributed by atoms with Crippen LogP contribution in [-0.4, -0.2) is 6.54 Å². The van der Waals surface area contributed by atoms with E-state index < -0.39 is 17.4 Å². The molecular weight excluding hydrogens is 234 g/mol. The molecule has 0 aliphatic carbocycles. The van der Waals surface area contributed by atoms with E-state index >= 15 is 0 Å². The Hall–Kier alpha value is -1.10. The zero-order valence-electron chi connectivity index (χ0n) is 9.52. The van der Waals surface area contributed by atoms with Crippen LogP contribution in [0.3, 0.4) is 0 Å². The van der Waals surface area contributed by atoms with Crippen molar-refractivity contribution in [2.24, 2.45) is 5.73 Å². The second kappa shape index (κ2) is 5.04. The highest BCUT2D eigenvalue weighted by molar-refractivity contribution is 5.30. The largest absolute Gasteiger partial charge is 0.416 e. The molecule has 5 heteroatoms. The lowest BCUT2D eigenvalue weighted by Crippen LogP contribution is -2.30. The zero-order valence-corrected chi connectivity index (χ0v) is 9.52. The Kier molecular flexibility index (Phi) is 4.14. The molecule has 96 valence electrons. The van der Waals surface area contributed by atoms with Crippen LogP contribution in [0.5, 0.6) is 0 Å². The van der Waals surface area contributed by atoms with Crippen LogP contribution >= 0.6 is 0 Å². The summed E-state index contributed by atoms with van der Waals surface area (Å²) in [5, 5.41) is 0. The Morgan fingerprint density at radius 1 is 1.12 bits per heavy atom. The molecule has 0 aromatic heterocycles. The molecule has 0 saturated heterocycles. The minimum absolute atomic E-state index is 0.00308. The molecule has 0 radical (unpaired) electrons. The molecule has 0 aliphatic rings. The maximum atomic E-state index is 14.3. The van der Waals surface area contributed by atoms with Gasteiger partial charge in [0, 0.05) is 6.54 Å². The molecule has 1 rings (SSSR count). The first-order valence-electron chi connectivity index (χ1n) is 5.40. The minimum Gasteiger partial charge on any atom is -0.327 e. The van der Waals surface area contributed by atoms with E-state index in [-0.39, 0.29) is 18.5 Å². The van der Waals surface area contributed by atoms with Crippen LogP contribution in [0.1, 0.15) is 30.9 Å². The van der Waals surface area contributed by atoms with Gasteiger partial charge < -0.3 is 5.73 Å². The molecule has 1 aromatic rings. The highest BCUT2D eigenvalue weighted by Crippen LogP contribution is 2.35. The number of benzene rings is 1. The number of nitrogens with two attached hydrogens (primary N) is 1. The maximum Gasteiger partial charge on any atom is 0.416 e. The summed E-state index contributed by atoms with van der Waals surface area (Å²) in [5.74, 6) is 0. The molecule has 0 bridgehead atoms. The summed E-state index contributed by atoms with van der Waals surface area (Å²) in [6.07, 6.45) is -3.83. The summed E-state index contributed by atoms with van der Waals surface area (Å²) in [7, 11) is 0. The van der Waals surface area contributed by atoms with Gasteiger partial charge in [-0.1, -0.05) is 25.5 Å². The van der Waals surface area contributed by atoms with E-state index in [4.69, 9.17) is 5.73 Å². The summed E-state index contributed by atoms with van der Waals surface area (Å²) in [6.45, 7) is 1.44. The Balaban J connectivity index is 3.14. The summed E-state index contributed by atoms with van der Waals surface area (Å²) in [6, 6.07) is 4.31. The first kappa shape index (κ1) is 14.0. The molecule has 1 nitrogen and oxygen atoms in total. The molecule has 0 amide bonds. The molecule has 0 fully saturated rings. The van der Waals surface area contributed by atoms with Gasteiger partial charge in [0.2, 0.25) is 0 Å². The van der Waals surface area contributed by atoms with E-state index in [0.29, 0.717) is 6.42 Å². The number of alkyl halides is 4. The van der Waals surface area contributed by atoms with Crippen molar-refractivity contribution in [2.45, 2.75) is 31.6 Å². The van der Waals surface area contributed by atoms with Gasteiger partial charge in [0.05, 0.1) is 5.56 Å². The van der Waals surface area contributed by atoms with Gasteiger partial charge in [0.1, 0.15) is 5.67 Å². The molecule has 1 unspecified atom stereocenters. The van der Waals surface area contributed by atoms with Crippen LogP contribution < -0.4 is 5.73 Å². The highest BCUT2D eigenvalue weighted by atomic mass is 19.4. The van der Waals surface area contributed by atoms with E-state index in [1.54, 1.807) is 6.92 Å². The van der Waals surface area contributed by atoms with Gasteiger partial charge in [-0.05, 0) is 24.1 Å². The molecule has 17 heavy (non-hydrogen) atoms. The highest BCUT2D eigenvalue weighted by Gasteiger charge is 2.34. The van der Waals surface area contributed by atoms with Crippen molar-refractivity contribution in [1.29, 1.82) is 0 Å². The third-order valence-electron chi connectivity index (χ3n) is 2.68. The SMILES string of the molecule is CCCC(F)(CN)c1cccc(C(F)(F)F)c1. The molecular formula is C12H15F4N. The van der Waals surface area contributed by atoms with Gasteiger partial charge in [-0.15, -0.1) is 0 Å². The quantitative estimate of drug-likeness (QED) is 0.810.